The average Bonchev–Trinajstić information content (AvgIpc) is 2.82. The minimum absolute atomic E-state index is 0.596. The lowest BCUT2D eigenvalue weighted by Gasteiger charge is -1.97. The lowest BCUT2D eigenvalue weighted by atomic mass is 10.1. The summed E-state index contributed by atoms with van der Waals surface area (Å²) >= 11 is 5.99. The van der Waals surface area contributed by atoms with Crippen LogP contribution in [0.3, 0.4) is 0 Å². The van der Waals surface area contributed by atoms with Crippen molar-refractivity contribution in [1.29, 1.82) is 0 Å². The molecule has 2 nitrogen and oxygen atoms in total. The normalized spacial score (nSPS) is 10.6. The van der Waals surface area contributed by atoms with E-state index < -0.39 is 0 Å². The van der Waals surface area contributed by atoms with Gasteiger partial charge in [0.05, 0.1) is 5.69 Å². The Kier molecular flexibility index (Phi) is 3.10. The molecule has 1 aromatic heterocycles. The summed E-state index contributed by atoms with van der Waals surface area (Å²) in [4.78, 5) is 4.47. The molecule has 0 saturated carbocycles. The van der Waals surface area contributed by atoms with Gasteiger partial charge in [-0.2, -0.15) is 0 Å². The highest BCUT2D eigenvalue weighted by molar-refractivity contribution is 6.30. The van der Waals surface area contributed by atoms with Crippen molar-refractivity contribution in [3.63, 3.8) is 0 Å². The Hall–Kier alpha value is -2.06. The molecule has 0 N–H and O–H groups in total. The van der Waals surface area contributed by atoms with Gasteiger partial charge in [-0.25, -0.2) is 4.98 Å². The topological polar surface area (TPSA) is 26.0 Å². The molecule has 0 atom stereocenters. The summed E-state index contributed by atoms with van der Waals surface area (Å²) in [6.07, 6.45) is 0. The number of aryl methyl sites for hydroxylation is 1. The molecule has 19 heavy (non-hydrogen) atoms. The zero-order valence-corrected chi connectivity index (χ0v) is 11.2. The molecule has 0 spiro atoms. The number of hydrogen-bond acceptors (Lipinski definition) is 2. The third-order valence-corrected chi connectivity index (χ3v) is 3.14. The van der Waals surface area contributed by atoms with Crippen LogP contribution in [0, 0.1) is 6.92 Å². The molecule has 0 aliphatic rings. The van der Waals surface area contributed by atoms with Crippen LogP contribution in [0.15, 0.2) is 59.0 Å². The van der Waals surface area contributed by atoms with Gasteiger partial charge in [0.2, 0.25) is 5.89 Å². The summed E-state index contributed by atoms with van der Waals surface area (Å²) in [5.41, 5.74) is 2.79. The number of oxazole rings is 1. The van der Waals surface area contributed by atoms with Gasteiger partial charge in [0.15, 0.2) is 5.76 Å². The van der Waals surface area contributed by atoms with Crippen molar-refractivity contribution in [3.05, 3.63) is 65.3 Å². The van der Waals surface area contributed by atoms with Crippen LogP contribution in [0.25, 0.3) is 22.8 Å². The summed E-state index contributed by atoms with van der Waals surface area (Å²) in [5, 5.41) is 0.676. The highest BCUT2D eigenvalue weighted by Crippen LogP contribution is 2.30. The molecule has 94 valence electrons. The maximum atomic E-state index is 5.99. The van der Waals surface area contributed by atoms with Crippen molar-refractivity contribution in [2.45, 2.75) is 6.92 Å². The summed E-state index contributed by atoms with van der Waals surface area (Å²) < 4.78 is 5.87. The first-order valence-electron chi connectivity index (χ1n) is 6.03. The Morgan fingerprint density at radius 2 is 1.68 bits per heavy atom. The summed E-state index contributed by atoms with van der Waals surface area (Å²) in [7, 11) is 0. The van der Waals surface area contributed by atoms with E-state index in [-0.39, 0.29) is 0 Å². The van der Waals surface area contributed by atoms with Crippen molar-refractivity contribution >= 4 is 11.6 Å². The molecule has 2 aromatic carbocycles. The second-order valence-electron chi connectivity index (χ2n) is 4.31. The van der Waals surface area contributed by atoms with E-state index in [1.165, 1.54) is 0 Å². The zero-order chi connectivity index (χ0) is 13.2. The lowest BCUT2D eigenvalue weighted by Crippen LogP contribution is -1.78. The number of hydrogen-bond donors (Lipinski definition) is 0. The highest BCUT2D eigenvalue weighted by Gasteiger charge is 2.12. The predicted octanol–water partition coefficient (Wildman–Crippen LogP) is 4.97. The number of benzene rings is 2. The molecule has 0 aliphatic carbocycles. The third kappa shape index (κ3) is 2.40. The Morgan fingerprint density at radius 1 is 0.947 bits per heavy atom. The second-order valence-corrected chi connectivity index (χ2v) is 4.75. The molecule has 0 fully saturated rings. The van der Waals surface area contributed by atoms with Crippen molar-refractivity contribution < 1.29 is 4.42 Å². The second kappa shape index (κ2) is 4.90. The maximum Gasteiger partial charge on any atom is 0.227 e. The molecule has 3 aromatic rings. The monoisotopic (exact) mass is 269 g/mol. The fourth-order valence-electron chi connectivity index (χ4n) is 2.00. The van der Waals surface area contributed by atoms with Crippen LogP contribution in [0.2, 0.25) is 5.02 Å². The van der Waals surface area contributed by atoms with Crippen LogP contribution in [-0.4, -0.2) is 4.98 Å². The molecular weight excluding hydrogens is 258 g/mol. The lowest BCUT2D eigenvalue weighted by molar-refractivity contribution is 0.588. The molecule has 0 bridgehead atoms. The first-order valence-corrected chi connectivity index (χ1v) is 6.40. The first kappa shape index (κ1) is 12.0. The molecule has 0 amide bonds. The number of rotatable bonds is 2. The van der Waals surface area contributed by atoms with E-state index in [9.17, 15) is 0 Å². The highest BCUT2D eigenvalue weighted by atomic mass is 35.5. The first-order chi connectivity index (χ1) is 9.24. The van der Waals surface area contributed by atoms with E-state index in [0.29, 0.717) is 10.9 Å². The standard InChI is InChI=1S/C16H12ClNO/c1-11-15(12-6-3-2-4-7-12)19-16(18-11)13-8-5-9-14(17)10-13/h2-10H,1H3. The third-order valence-electron chi connectivity index (χ3n) is 2.90. The van der Waals surface area contributed by atoms with Crippen LogP contribution < -0.4 is 0 Å². The Bertz CT molecular complexity index is 704. The van der Waals surface area contributed by atoms with Gasteiger partial charge in [-0.1, -0.05) is 48.0 Å². The number of aromatic nitrogens is 1. The fraction of sp³-hybridized carbons (Fsp3) is 0.0625. The SMILES string of the molecule is Cc1nc(-c2cccc(Cl)c2)oc1-c1ccccc1. The molecule has 1 heterocycles. The summed E-state index contributed by atoms with van der Waals surface area (Å²) in [6.45, 7) is 1.94. The molecule has 3 rings (SSSR count). The smallest absolute Gasteiger partial charge is 0.227 e. The van der Waals surface area contributed by atoms with E-state index in [2.05, 4.69) is 4.98 Å². The Morgan fingerprint density at radius 3 is 2.42 bits per heavy atom. The van der Waals surface area contributed by atoms with Gasteiger partial charge in [-0.05, 0) is 25.1 Å². The van der Waals surface area contributed by atoms with E-state index >= 15 is 0 Å². The van der Waals surface area contributed by atoms with Crippen molar-refractivity contribution in [2.75, 3.05) is 0 Å². The fourth-order valence-corrected chi connectivity index (χ4v) is 2.19. The number of nitrogens with zero attached hydrogens (tertiary/aromatic N) is 1. The van der Waals surface area contributed by atoms with Crippen molar-refractivity contribution in [2.24, 2.45) is 0 Å². The van der Waals surface area contributed by atoms with Gasteiger partial charge in [0, 0.05) is 16.1 Å². The van der Waals surface area contributed by atoms with Gasteiger partial charge in [0.25, 0.3) is 0 Å². The van der Waals surface area contributed by atoms with Crippen molar-refractivity contribution in [1.82, 2.24) is 4.98 Å². The largest absolute Gasteiger partial charge is 0.436 e. The summed E-state index contributed by atoms with van der Waals surface area (Å²) in [5.74, 6) is 1.40. The molecule has 0 radical (unpaired) electrons. The molecule has 0 saturated heterocycles. The van der Waals surface area contributed by atoms with Gasteiger partial charge < -0.3 is 4.42 Å². The minimum atomic E-state index is 0.596. The average molecular weight is 270 g/mol. The van der Waals surface area contributed by atoms with Crippen LogP contribution in [0.1, 0.15) is 5.69 Å². The Balaban J connectivity index is 2.07. The molecular formula is C16H12ClNO. The van der Waals surface area contributed by atoms with Gasteiger partial charge >= 0.3 is 0 Å². The molecule has 0 unspecified atom stereocenters. The van der Waals surface area contributed by atoms with Gasteiger partial charge in [-0.3, -0.25) is 0 Å². The minimum Gasteiger partial charge on any atom is -0.436 e. The van der Waals surface area contributed by atoms with Crippen LogP contribution in [0.4, 0.5) is 0 Å². The van der Waals surface area contributed by atoms with E-state index in [0.717, 1.165) is 22.6 Å². The molecule has 3 heteroatoms. The van der Waals surface area contributed by atoms with Crippen LogP contribution in [0.5, 0.6) is 0 Å². The predicted molar refractivity (Wildman–Crippen MR) is 77.1 cm³/mol. The van der Waals surface area contributed by atoms with E-state index in [1.807, 2.05) is 61.5 Å². The summed E-state index contributed by atoms with van der Waals surface area (Å²) in [6, 6.07) is 17.5. The Labute approximate surface area is 116 Å². The van der Waals surface area contributed by atoms with Gasteiger partial charge in [-0.15, -0.1) is 0 Å². The zero-order valence-electron chi connectivity index (χ0n) is 10.4. The maximum absolute atomic E-state index is 5.99. The van der Waals surface area contributed by atoms with E-state index in [1.54, 1.807) is 0 Å². The van der Waals surface area contributed by atoms with Crippen LogP contribution >= 0.6 is 11.6 Å². The van der Waals surface area contributed by atoms with Crippen LogP contribution in [-0.2, 0) is 0 Å². The quantitative estimate of drug-likeness (QED) is 0.656. The van der Waals surface area contributed by atoms with Crippen molar-refractivity contribution in [3.8, 4) is 22.8 Å². The van der Waals surface area contributed by atoms with E-state index in [4.69, 9.17) is 16.0 Å². The number of halogens is 1. The van der Waals surface area contributed by atoms with Gasteiger partial charge in [0.1, 0.15) is 0 Å². The molecule has 0 aliphatic heterocycles.